The molecule has 2 amide bonds. The number of hydrogen-bond donors (Lipinski definition) is 2. The van der Waals surface area contributed by atoms with Gasteiger partial charge in [0.05, 0.1) is 24.4 Å². The molecular formula is C31H27N3O4S2. The second kappa shape index (κ2) is 12.2. The summed E-state index contributed by atoms with van der Waals surface area (Å²) < 4.78 is 11.8. The minimum absolute atomic E-state index is 0.180. The Labute approximate surface area is 240 Å². The van der Waals surface area contributed by atoms with Crippen LogP contribution in [0.5, 0.6) is 11.5 Å². The summed E-state index contributed by atoms with van der Waals surface area (Å²) >= 11 is 2.85. The minimum atomic E-state index is -0.546. The number of hydrogen-bond acceptors (Lipinski definition) is 7. The van der Waals surface area contributed by atoms with Crippen molar-refractivity contribution in [3.05, 3.63) is 108 Å². The summed E-state index contributed by atoms with van der Waals surface area (Å²) in [4.78, 5) is 32.2. The molecule has 0 aliphatic carbocycles. The predicted molar refractivity (Wildman–Crippen MR) is 162 cm³/mol. The number of methoxy groups -OCH3 is 2. The van der Waals surface area contributed by atoms with Crippen molar-refractivity contribution in [1.82, 2.24) is 4.98 Å². The molecule has 0 aliphatic rings. The number of rotatable bonds is 9. The van der Waals surface area contributed by atoms with Crippen molar-refractivity contribution in [3.63, 3.8) is 0 Å². The van der Waals surface area contributed by atoms with Gasteiger partial charge in [0.1, 0.15) is 22.3 Å². The Balaban J connectivity index is 1.38. The second-order valence-corrected chi connectivity index (χ2v) is 11.1. The molecule has 2 N–H and O–H groups in total. The van der Waals surface area contributed by atoms with Gasteiger partial charge in [-0.1, -0.05) is 59.9 Å². The van der Waals surface area contributed by atoms with E-state index >= 15 is 0 Å². The maximum atomic E-state index is 13.6. The number of nitrogens with zero attached hydrogens (tertiary/aromatic N) is 1. The number of ether oxygens (including phenoxy) is 2. The Morgan fingerprint density at radius 1 is 0.850 bits per heavy atom. The standard InChI is InChI=1S/C31H27N3O4S2/c1-19-15-16-23-26(17-19)40-31(33-23)34-30(36)28(20-9-5-4-6-10-20)39-22-12-7-11-21(18-22)32-29(35)27-24(37-2)13-8-14-25(27)38-3/h4-18,28H,1-3H3,(H,32,35)(H,33,34,36). The molecule has 1 unspecified atom stereocenters. The summed E-state index contributed by atoms with van der Waals surface area (Å²) in [5, 5.41) is 5.95. The average Bonchev–Trinajstić information content (AvgIpc) is 3.37. The summed E-state index contributed by atoms with van der Waals surface area (Å²) in [5.41, 5.74) is 3.73. The van der Waals surface area contributed by atoms with Crippen LogP contribution in [-0.4, -0.2) is 31.0 Å². The number of thioether (sulfide) groups is 1. The van der Waals surface area contributed by atoms with Crippen LogP contribution in [0.25, 0.3) is 10.2 Å². The number of carbonyl (C=O) groups is 2. The van der Waals surface area contributed by atoms with E-state index in [1.165, 1.54) is 37.3 Å². The van der Waals surface area contributed by atoms with Gasteiger partial charge in [0.25, 0.3) is 5.91 Å². The highest BCUT2D eigenvalue weighted by molar-refractivity contribution is 8.00. The van der Waals surface area contributed by atoms with Crippen molar-refractivity contribution in [2.75, 3.05) is 24.9 Å². The van der Waals surface area contributed by atoms with E-state index in [0.29, 0.717) is 27.9 Å². The molecular weight excluding hydrogens is 542 g/mol. The van der Waals surface area contributed by atoms with E-state index in [9.17, 15) is 9.59 Å². The van der Waals surface area contributed by atoms with Crippen molar-refractivity contribution in [2.24, 2.45) is 0 Å². The zero-order chi connectivity index (χ0) is 28.1. The highest BCUT2D eigenvalue weighted by atomic mass is 32.2. The third kappa shape index (κ3) is 6.11. The number of aromatic nitrogens is 1. The first-order valence-electron chi connectivity index (χ1n) is 12.5. The lowest BCUT2D eigenvalue weighted by Crippen LogP contribution is -2.19. The van der Waals surface area contributed by atoms with Gasteiger partial charge < -0.3 is 20.1 Å². The van der Waals surface area contributed by atoms with Crippen molar-refractivity contribution >= 4 is 55.9 Å². The van der Waals surface area contributed by atoms with Gasteiger partial charge in [-0.05, 0) is 60.5 Å². The third-order valence-corrected chi connectivity index (χ3v) is 8.30. The molecule has 40 heavy (non-hydrogen) atoms. The molecule has 202 valence electrons. The molecule has 1 aromatic heterocycles. The van der Waals surface area contributed by atoms with E-state index in [4.69, 9.17) is 9.47 Å². The smallest absolute Gasteiger partial charge is 0.263 e. The average molecular weight is 570 g/mol. The summed E-state index contributed by atoms with van der Waals surface area (Å²) in [7, 11) is 3.01. The molecule has 5 rings (SSSR count). The van der Waals surface area contributed by atoms with Gasteiger partial charge in [-0.2, -0.15) is 0 Å². The van der Waals surface area contributed by atoms with Crippen LogP contribution in [0.2, 0.25) is 0 Å². The van der Waals surface area contributed by atoms with Crippen LogP contribution in [-0.2, 0) is 4.79 Å². The first-order chi connectivity index (χ1) is 19.4. The first kappa shape index (κ1) is 27.2. The fourth-order valence-corrected chi connectivity index (χ4v) is 6.26. The van der Waals surface area contributed by atoms with Gasteiger partial charge in [-0.15, -0.1) is 11.8 Å². The van der Waals surface area contributed by atoms with E-state index in [0.717, 1.165) is 26.2 Å². The maximum Gasteiger partial charge on any atom is 0.263 e. The number of benzene rings is 4. The van der Waals surface area contributed by atoms with Crippen molar-refractivity contribution in [2.45, 2.75) is 17.1 Å². The van der Waals surface area contributed by atoms with Crippen LogP contribution in [0.1, 0.15) is 26.7 Å². The Morgan fingerprint density at radius 2 is 1.57 bits per heavy atom. The number of aryl methyl sites for hydroxylation is 1. The number of thiazole rings is 1. The Morgan fingerprint density at radius 3 is 2.30 bits per heavy atom. The molecule has 0 aliphatic heterocycles. The normalized spacial score (nSPS) is 11.6. The second-order valence-electron chi connectivity index (χ2n) is 8.91. The van der Waals surface area contributed by atoms with Crippen LogP contribution < -0.4 is 20.1 Å². The zero-order valence-corrected chi connectivity index (χ0v) is 23.8. The van der Waals surface area contributed by atoms with E-state index < -0.39 is 5.25 Å². The van der Waals surface area contributed by atoms with Gasteiger partial charge in [0.15, 0.2) is 5.13 Å². The number of amides is 2. The fourth-order valence-electron chi connectivity index (χ4n) is 4.21. The van der Waals surface area contributed by atoms with Gasteiger partial charge in [-0.25, -0.2) is 4.98 Å². The van der Waals surface area contributed by atoms with Gasteiger partial charge in [0.2, 0.25) is 5.91 Å². The molecule has 1 heterocycles. The molecule has 0 bridgehead atoms. The van der Waals surface area contributed by atoms with Gasteiger partial charge in [-0.3, -0.25) is 9.59 Å². The predicted octanol–water partition coefficient (Wildman–Crippen LogP) is 7.35. The fraction of sp³-hybridized carbons (Fsp3) is 0.129. The minimum Gasteiger partial charge on any atom is -0.496 e. The Hall–Kier alpha value is -4.34. The number of anilines is 2. The molecule has 4 aromatic carbocycles. The highest BCUT2D eigenvalue weighted by Gasteiger charge is 2.24. The SMILES string of the molecule is COc1cccc(OC)c1C(=O)Nc1cccc(SC(C(=O)Nc2nc3ccc(C)cc3s2)c2ccccc2)c1. The topological polar surface area (TPSA) is 89.5 Å². The Bertz CT molecular complexity index is 1650. The summed E-state index contributed by atoms with van der Waals surface area (Å²) in [6.45, 7) is 2.03. The lowest BCUT2D eigenvalue weighted by Gasteiger charge is -2.17. The number of nitrogens with one attached hydrogen (secondary N) is 2. The first-order valence-corrected chi connectivity index (χ1v) is 14.2. The number of fused-ring (bicyclic) bond motifs is 1. The highest BCUT2D eigenvalue weighted by Crippen LogP contribution is 2.38. The van der Waals surface area contributed by atoms with Crippen LogP contribution in [0.15, 0.2) is 95.9 Å². The summed E-state index contributed by atoms with van der Waals surface area (Å²) in [5.74, 6) is 0.279. The molecule has 0 spiro atoms. The summed E-state index contributed by atoms with van der Waals surface area (Å²) in [6, 6.07) is 28.2. The quantitative estimate of drug-likeness (QED) is 0.181. The van der Waals surface area contributed by atoms with Crippen LogP contribution in [0.3, 0.4) is 0 Å². The molecule has 9 heteroatoms. The van der Waals surface area contributed by atoms with E-state index in [2.05, 4.69) is 21.7 Å². The lowest BCUT2D eigenvalue weighted by molar-refractivity contribution is -0.115. The lowest BCUT2D eigenvalue weighted by atomic mass is 10.1. The number of carbonyl (C=O) groups excluding carboxylic acids is 2. The zero-order valence-electron chi connectivity index (χ0n) is 22.1. The Kier molecular flexibility index (Phi) is 8.33. The summed E-state index contributed by atoms with van der Waals surface area (Å²) in [6.07, 6.45) is 0. The molecule has 0 saturated heterocycles. The van der Waals surface area contributed by atoms with Crippen LogP contribution >= 0.6 is 23.1 Å². The van der Waals surface area contributed by atoms with Crippen LogP contribution in [0, 0.1) is 6.92 Å². The molecule has 7 nitrogen and oxygen atoms in total. The van der Waals surface area contributed by atoms with E-state index in [-0.39, 0.29) is 11.8 Å². The van der Waals surface area contributed by atoms with E-state index in [1.807, 2.05) is 67.6 Å². The monoisotopic (exact) mass is 569 g/mol. The van der Waals surface area contributed by atoms with Gasteiger partial charge in [0, 0.05) is 10.6 Å². The molecule has 5 aromatic rings. The van der Waals surface area contributed by atoms with Gasteiger partial charge >= 0.3 is 0 Å². The molecule has 0 radical (unpaired) electrons. The molecule has 1 atom stereocenters. The van der Waals surface area contributed by atoms with Crippen molar-refractivity contribution in [3.8, 4) is 11.5 Å². The molecule has 0 fully saturated rings. The molecule has 0 saturated carbocycles. The third-order valence-electron chi connectivity index (χ3n) is 6.12. The maximum absolute atomic E-state index is 13.6. The van der Waals surface area contributed by atoms with Crippen LogP contribution in [0.4, 0.5) is 10.8 Å². The largest absolute Gasteiger partial charge is 0.496 e. The van der Waals surface area contributed by atoms with Crippen molar-refractivity contribution in [1.29, 1.82) is 0 Å². The van der Waals surface area contributed by atoms with Crippen molar-refractivity contribution < 1.29 is 19.1 Å². The van der Waals surface area contributed by atoms with E-state index in [1.54, 1.807) is 24.3 Å².